The van der Waals surface area contributed by atoms with E-state index in [0.29, 0.717) is 0 Å². The highest BCUT2D eigenvalue weighted by atomic mass is 32.1. The molecular weight excluding hydrogens is 282 g/mol. The number of nitrogens with zero attached hydrogens (tertiary/aromatic N) is 3. The van der Waals surface area contributed by atoms with Crippen LogP contribution in [0.2, 0.25) is 0 Å². The Morgan fingerprint density at radius 3 is 2.95 bits per heavy atom. The standard InChI is InChI=1S/C16H15N3OS/c1-18-10-4-5-11(18)8-9-14-15(20)19-13-7-3-2-6-12(13)17-16(19)21-14/h2-3,6-9H,4-5,10H2,1H3/b11-8-,14-9-. The Morgan fingerprint density at radius 2 is 2.14 bits per heavy atom. The first-order valence-corrected chi connectivity index (χ1v) is 7.88. The lowest BCUT2D eigenvalue weighted by Gasteiger charge is -2.10. The van der Waals surface area contributed by atoms with Gasteiger partial charge in [0.15, 0.2) is 4.96 Å². The van der Waals surface area contributed by atoms with Crippen molar-refractivity contribution in [2.24, 2.45) is 0 Å². The van der Waals surface area contributed by atoms with Crippen molar-refractivity contribution in [3.05, 3.63) is 50.9 Å². The Labute approximate surface area is 125 Å². The van der Waals surface area contributed by atoms with Gasteiger partial charge < -0.3 is 4.90 Å². The van der Waals surface area contributed by atoms with Crippen LogP contribution in [-0.4, -0.2) is 27.9 Å². The molecule has 2 aromatic heterocycles. The first-order valence-electron chi connectivity index (χ1n) is 7.06. The lowest BCUT2D eigenvalue weighted by atomic mass is 10.3. The van der Waals surface area contributed by atoms with Gasteiger partial charge in [0, 0.05) is 19.3 Å². The van der Waals surface area contributed by atoms with Gasteiger partial charge in [-0.3, -0.25) is 4.79 Å². The molecule has 4 nitrogen and oxygen atoms in total. The summed E-state index contributed by atoms with van der Waals surface area (Å²) in [6.07, 6.45) is 6.29. The predicted molar refractivity (Wildman–Crippen MR) is 86.5 cm³/mol. The molecule has 3 aromatic rings. The molecule has 3 heterocycles. The summed E-state index contributed by atoms with van der Waals surface area (Å²) < 4.78 is 2.46. The van der Waals surface area contributed by atoms with Crippen LogP contribution in [0, 0.1) is 0 Å². The molecule has 21 heavy (non-hydrogen) atoms. The summed E-state index contributed by atoms with van der Waals surface area (Å²) in [5, 5.41) is 0. The number of rotatable bonds is 1. The van der Waals surface area contributed by atoms with Crippen LogP contribution < -0.4 is 10.1 Å². The van der Waals surface area contributed by atoms with E-state index in [9.17, 15) is 4.79 Å². The fourth-order valence-corrected chi connectivity index (χ4v) is 3.77. The van der Waals surface area contributed by atoms with E-state index in [2.05, 4.69) is 23.0 Å². The molecule has 0 spiro atoms. The van der Waals surface area contributed by atoms with Gasteiger partial charge in [-0.25, -0.2) is 9.38 Å². The monoisotopic (exact) mass is 297 g/mol. The maximum absolute atomic E-state index is 12.5. The first-order chi connectivity index (χ1) is 10.2. The van der Waals surface area contributed by atoms with Gasteiger partial charge in [0.2, 0.25) is 0 Å². The van der Waals surface area contributed by atoms with Crippen LogP contribution in [0.15, 0.2) is 40.8 Å². The van der Waals surface area contributed by atoms with Crippen molar-refractivity contribution in [2.45, 2.75) is 12.8 Å². The van der Waals surface area contributed by atoms with Crippen LogP contribution in [0.25, 0.3) is 22.1 Å². The number of thiazole rings is 1. The van der Waals surface area contributed by atoms with Gasteiger partial charge >= 0.3 is 0 Å². The van der Waals surface area contributed by atoms with Crippen LogP contribution in [-0.2, 0) is 0 Å². The summed E-state index contributed by atoms with van der Waals surface area (Å²) in [7, 11) is 2.10. The van der Waals surface area contributed by atoms with E-state index in [0.717, 1.165) is 33.5 Å². The van der Waals surface area contributed by atoms with E-state index in [1.54, 1.807) is 4.40 Å². The normalized spacial score (nSPS) is 18.6. The second kappa shape index (κ2) is 4.70. The average Bonchev–Trinajstić information content (AvgIpc) is 3.12. The topological polar surface area (TPSA) is 37.6 Å². The molecule has 0 unspecified atom stereocenters. The molecule has 0 saturated carbocycles. The Bertz CT molecular complexity index is 967. The molecular formula is C16H15N3OS. The lowest BCUT2D eigenvalue weighted by Crippen LogP contribution is -2.22. The number of imidazole rings is 1. The summed E-state index contributed by atoms with van der Waals surface area (Å²) in [6.45, 7) is 1.10. The lowest BCUT2D eigenvalue weighted by molar-refractivity contribution is 0.481. The first kappa shape index (κ1) is 12.6. The summed E-state index contributed by atoms with van der Waals surface area (Å²) in [4.78, 5) is 20.1. The van der Waals surface area contributed by atoms with Crippen molar-refractivity contribution in [3.63, 3.8) is 0 Å². The Kier molecular flexibility index (Phi) is 2.82. The largest absolute Gasteiger partial charge is 0.378 e. The Balaban J connectivity index is 1.91. The third-order valence-corrected chi connectivity index (χ3v) is 4.98. The Morgan fingerprint density at radius 1 is 1.29 bits per heavy atom. The molecule has 1 aliphatic rings. The molecule has 5 heteroatoms. The molecule has 0 bridgehead atoms. The molecule has 1 fully saturated rings. The maximum Gasteiger partial charge on any atom is 0.274 e. The number of hydrogen-bond acceptors (Lipinski definition) is 4. The molecule has 1 saturated heterocycles. The summed E-state index contributed by atoms with van der Waals surface area (Å²) >= 11 is 1.45. The number of allylic oxidation sites excluding steroid dienone is 2. The predicted octanol–water partition coefficient (Wildman–Crippen LogP) is 2.02. The molecule has 0 atom stereocenters. The fraction of sp³-hybridized carbons (Fsp3) is 0.250. The molecule has 0 amide bonds. The van der Waals surface area contributed by atoms with Gasteiger partial charge in [-0.2, -0.15) is 0 Å². The van der Waals surface area contributed by atoms with Gasteiger partial charge in [-0.05, 0) is 37.1 Å². The summed E-state index contributed by atoms with van der Waals surface area (Å²) in [5.41, 5.74) is 3.09. The van der Waals surface area contributed by atoms with E-state index in [4.69, 9.17) is 0 Å². The zero-order chi connectivity index (χ0) is 14.4. The number of para-hydroxylation sites is 2. The molecule has 0 aliphatic carbocycles. The van der Waals surface area contributed by atoms with E-state index in [-0.39, 0.29) is 5.56 Å². The van der Waals surface area contributed by atoms with Crippen molar-refractivity contribution in [1.82, 2.24) is 14.3 Å². The minimum absolute atomic E-state index is 0.0289. The van der Waals surface area contributed by atoms with Crippen LogP contribution in [0.1, 0.15) is 12.8 Å². The third-order valence-electron chi connectivity index (χ3n) is 3.99. The van der Waals surface area contributed by atoms with Gasteiger partial charge in [0.1, 0.15) is 0 Å². The van der Waals surface area contributed by atoms with Crippen molar-refractivity contribution in [1.29, 1.82) is 0 Å². The van der Waals surface area contributed by atoms with Gasteiger partial charge in [-0.15, -0.1) is 0 Å². The van der Waals surface area contributed by atoms with Gasteiger partial charge in [0.05, 0.1) is 15.6 Å². The van der Waals surface area contributed by atoms with Crippen LogP contribution in [0.3, 0.4) is 0 Å². The molecule has 0 radical (unpaired) electrons. The third kappa shape index (κ3) is 1.96. The highest BCUT2D eigenvalue weighted by Gasteiger charge is 2.12. The summed E-state index contributed by atoms with van der Waals surface area (Å²) in [6, 6.07) is 7.76. The number of aromatic nitrogens is 2. The maximum atomic E-state index is 12.5. The van der Waals surface area contributed by atoms with Crippen molar-refractivity contribution < 1.29 is 0 Å². The van der Waals surface area contributed by atoms with Crippen LogP contribution in [0.4, 0.5) is 0 Å². The zero-order valence-corrected chi connectivity index (χ0v) is 12.6. The van der Waals surface area contributed by atoms with E-state index in [1.165, 1.54) is 23.5 Å². The Hall–Kier alpha value is -2.14. The molecule has 4 rings (SSSR count). The minimum atomic E-state index is 0.0289. The van der Waals surface area contributed by atoms with E-state index >= 15 is 0 Å². The molecule has 1 aromatic carbocycles. The fourth-order valence-electron chi connectivity index (χ4n) is 2.84. The average molecular weight is 297 g/mol. The smallest absolute Gasteiger partial charge is 0.274 e. The van der Waals surface area contributed by atoms with E-state index in [1.807, 2.05) is 30.3 Å². The highest BCUT2D eigenvalue weighted by molar-refractivity contribution is 7.15. The van der Waals surface area contributed by atoms with Gasteiger partial charge in [-0.1, -0.05) is 23.5 Å². The van der Waals surface area contributed by atoms with Crippen molar-refractivity contribution in [2.75, 3.05) is 13.6 Å². The minimum Gasteiger partial charge on any atom is -0.378 e. The SMILES string of the molecule is CN1CCC/C1=C/C=c1\sc2nc3ccccc3n2c1=O. The number of benzene rings is 1. The highest BCUT2D eigenvalue weighted by Crippen LogP contribution is 2.18. The van der Waals surface area contributed by atoms with Gasteiger partial charge in [0.25, 0.3) is 5.56 Å². The van der Waals surface area contributed by atoms with Crippen LogP contribution >= 0.6 is 11.3 Å². The molecule has 0 N–H and O–H groups in total. The second-order valence-corrected chi connectivity index (χ2v) is 6.35. The number of fused-ring (bicyclic) bond motifs is 3. The zero-order valence-electron chi connectivity index (χ0n) is 11.7. The van der Waals surface area contributed by atoms with Crippen molar-refractivity contribution in [3.8, 4) is 0 Å². The number of likely N-dealkylation sites (tertiary alicyclic amines) is 1. The summed E-state index contributed by atoms with van der Waals surface area (Å²) in [5.74, 6) is 0. The molecule has 1 aliphatic heterocycles. The molecule has 106 valence electrons. The van der Waals surface area contributed by atoms with E-state index < -0.39 is 0 Å². The second-order valence-electron chi connectivity index (χ2n) is 5.34. The van der Waals surface area contributed by atoms with Crippen LogP contribution in [0.5, 0.6) is 0 Å². The number of hydrogen-bond donors (Lipinski definition) is 0. The van der Waals surface area contributed by atoms with Crippen molar-refractivity contribution >= 4 is 33.4 Å². The quantitative estimate of drug-likeness (QED) is 0.689.